The van der Waals surface area contributed by atoms with Crippen LogP contribution in [0.15, 0.2) is 24.3 Å². The van der Waals surface area contributed by atoms with Gasteiger partial charge >= 0.3 is 0 Å². The van der Waals surface area contributed by atoms with Crippen LogP contribution in [-0.4, -0.2) is 41.5 Å². The second-order valence-corrected chi connectivity index (χ2v) is 17.8. The van der Waals surface area contributed by atoms with Gasteiger partial charge in [-0.25, -0.2) is 73.8 Å². The van der Waals surface area contributed by atoms with Crippen LogP contribution in [0.25, 0.3) is 70.6 Å². The lowest BCUT2D eigenvalue weighted by Gasteiger charge is -2.05. The fraction of sp³-hybridized carbons (Fsp3) is 0. The van der Waals surface area contributed by atoms with E-state index in [-0.39, 0.29) is 19.3 Å². The molecule has 0 saturated carbocycles. The van der Waals surface area contributed by atoms with Crippen LogP contribution in [0.4, 0.5) is 43.9 Å². The van der Waals surface area contributed by atoms with Gasteiger partial charge in [0.2, 0.25) is 23.2 Å². The maximum atomic E-state index is 14.3. The van der Waals surface area contributed by atoms with Crippen molar-refractivity contribution in [1.29, 1.82) is 0 Å². The van der Waals surface area contributed by atoms with E-state index in [1.165, 1.54) is 22.7 Å². The molecule has 4 aromatic carbocycles. The fourth-order valence-corrected chi connectivity index (χ4v) is 11.8. The first kappa shape index (κ1) is 36.9. The number of rotatable bonds is 6. The molecular formula is C34H4F10N6O2S6. The van der Waals surface area contributed by atoms with Crippen LogP contribution < -0.4 is 0 Å². The van der Waals surface area contributed by atoms with Crippen molar-refractivity contribution in [1.82, 2.24) is 29.9 Å². The SMILES string of the molecule is O=C(c1nc2sc(-c3nc4cc5cc6sc(-c7nc8sc(C(=O)c9c(F)c(F)c(F)c(F)c9F)nc8s7)nc6cc5cc4s3)nc2s1)c1c(F)c(F)c(F)c(F)c1F. The Morgan fingerprint density at radius 1 is 0.362 bits per heavy atom. The van der Waals surface area contributed by atoms with Gasteiger partial charge in [0, 0.05) is 0 Å². The molecule has 10 rings (SSSR count). The Bertz CT molecular complexity index is 3080. The standard InChI is InChI=1S/C34H4F10N6O2S6/c35-13-11(14(36)18(40)21(43)17(13)39)23(51)25-47-31-33(55-25)49-29(57-31)27-45-7-1-5-3-10-8(2-6(5)4-9(7)53-27)46-28(54-10)30-50-34-32(58-30)48-26(56-34)24(52)12-15(37)19(41)22(44)20(42)16(12)38/h1-4H. The predicted octanol–water partition coefficient (Wildman–Crippen LogP) is 11.4. The van der Waals surface area contributed by atoms with Crippen molar-refractivity contribution in [3.05, 3.63) is 104 Å². The van der Waals surface area contributed by atoms with Crippen molar-refractivity contribution in [2.24, 2.45) is 0 Å². The van der Waals surface area contributed by atoms with Crippen LogP contribution in [0.1, 0.15) is 30.7 Å². The van der Waals surface area contributed by atoms with Crippen molar-refractivity contribution in [3.8, 4) is 20.0 Å². The van der Waals surface area contributed by atoms with Gasteiger partial charge in [0.25, 0.3) is 0 Å². The van der Waals surface area contributed by atoms with E-state index in [9.17, 15) is 53.5 Å². The molecule has 0 aliphatic heterocycles. The zero-order chi connectivity index (χ0) is 40.6. The summed E-state index contributed by atoms with van der Waals surface area (Å²) >= 11 is 5.86. The third-order valence-electron chi connectivity index (χ3n) is 8.43. The number of fused-ring (bicyclic) bond motifs is 5. The minimum atomic E-state index is -2.39. The Kier molecular flexibility index (Phi) is 8.31. The molecule has 8 nitrogen and oxygen atoms in total. The summed E-state index contributed by atoms with van der Waals surface area (Å²) in [6.45, 7) is 0. The van der Waals surface area contributed by atoms with Gasteiger partial charge in [-0.1, -0.05) is 45.3 Å². The van der Waals surface area contributed by atoms with Gasteiger partial charge in [0.1, 0.15) is 11.1 Å². The highest BCUT2D eigenvalue weighted by Crippen LogP contribution is 2.42. The molecule has 0 amide bonds. The third kappa shape index (κ3) is 5.49. The van der Waals surface area contributed by atoms with Crippen LogP contribution >= 0.6 is 68.0 Å². The molecule has 58 heavy (non-hydrogen) atoms. The van der Waals surface area contributed by atoms with E-state index >= 15 is 0 Å². The molecule has 0 spiro atoms. The number of aromatic nitrogens is 6. The molecule has 0 N–H and O–H groups in total. The van der Waals surface area contributed by atoms with Crippen molar-refractivity contribution in [2.45, 2.75) is 0 Å². The van der Waals surface area contributed by atoms with E-state index in [4.69, 9.17) is 0 Å². The molecule has 0 radical (unpaired) electrons. The molecule has 10 aromatic rings. The summed E-state index contributed by atoms with van der Waals surface area (Å²) in [6, 6.07) is 7.49. The second-order valence-electron chi connectivity index (χ2n) is 11.9. The molecule has 0 aliphatic carbocycles. The third-order valence-corrected chi connectivity index (χ3v) is 14.8. The Morgan fingerprint density at radius 2 is 0.672 bits per heavy atom. The van der Waals surface area contributed by atoms with E-state index < -0.39 is 90.9 Å². The first-order chi connectivity index (χ1) is 27.7. The summed E-state index contributed by atoms with van der Waals surface area (Å²) in [5.74, 6) is -25.8. The molecule has 6 heterocycles. The van der Waals surface area contributed by atoms with Gasteiger partial charge in [0.15, 0.2) is 95.9 Å². The molecule has 0 unspecified atom stereocenters. The summed E-state index contributed by atoms with van der Waals surface area (Å²) in [5, 5.41) is 2.39. The highest BCUT2D eigenvalue weighted by atomic mass is 32.1. The van der Waals surface area contributed by atoms with Crippen LogP contribution in [0, 0.1) is 58.2 Å². The summed E-state index contributed by atoms with van der Waals surface area (Å²) in [5.41, 5.74) is -1.99. The lowest BCUT2D eigenvalue weighted by Crippen LogP contribution is -2.13. The van der Waals surface area contributed by atoms with Gasteiger partial charge in [-0.3, -0.25) is 9.59 Å². The van der Waals surface area contributed by atoms with Gasteiger partial charge in [-0.15, -0.1) is 22.7 Å². The number of carbonyl (C=O) groups is 2. The number of halogens is 10. The predicted molar refractivity (Wildman–Crippen MR) is 198 cm³/mol. The monoisotopic (exact) mass is 910 g/mol. The van der Waals surface area contributed by atoms with Crippen LogP contribution in [0.5, 0.6) is 0 Å². The first-order valence-electron chi connectivity index (χ1n) is 15.5. The number of thiazole rings is 6. The van der Waals surface area contributed by atoms with Gasteiger partial charge < -0.3 is 0 Å². The van der Waals surface area contributed by atoms with E-state index in [0.717, 1.165) is 42.8 Å². The fourth-order valence-electron chi connectivity index (χ4n) is 5.76. The quantitative estimate of drug-likeness (QED) is 0.0702. The van der Waals surface area contributed by atoms with Crippen LogP contribution in [0.2, 0.25) is 0 Å². The number of benzene rings is 4. The molecule has 0 atom stereocenters. The molecule has 0 bridgehead atoms. The number of hydrogen-bond donors (Lipinski definition) is 0. The van der Waals surface area contributed by atoms with E-state index in [2.05, 4.69) is 29.9 Å². The summed E-state index contributed by atoms with van der Waals surface area (Å²) in [4.78, 5) is 52.6. The zero-order valence-corrected chi connectivity index (χ0v) is 31.9. The van der Waals surface area contributed by atoms with Crippen molar-refractivity contribution in [2.75, 3.05) is 0 Å². The van der Waals surface area contributed by atoms with Crippen molar-refractivity contribution >= 4 is 130 Å². The van der Waals surface area contributed by atoms with Crippen LogP contribution in [-0.2, 0) is 0 Å². The van der Waals surface area contributed by atoms with E-state index in [0.29, 0.717) is 53.7 Å². The average Bonchev–Trinajstić information content (AvgIpc) is 4.05. The molecule has 288 valence electrons. The zero-order valence-electron chi connectivity index (χ0n) is 27.0. The second kappa shape index (κ2) is 13.1. The molecule has 0 fully saturated rings. The smallest absolute Gasteiger partial charge is 0.227 e. The molecule has 24 heteroatoms. The lowest BCUT2D eigenvalue weighted by molar-refractivity contribution is 0.101. The summed E-state index contributed by atoms with van der Waals surface area (Å²) < 4.78 is 140. The molecular weight excluding hydrogens is 907 g/mol. The topological polar surface area (TPSA) is 111 Å². The van der Waals surface area contributed by atoms with E-state index in [1.54, 1.807) is 0 Å². The number of nitrogens with zero attached hydrogens (tertiary/aromatic N) is 6. The minimum Gasteiger partial charge on any atom is -0.286 e. The van der Waals surface area contributed by atoms with Gasteiger partial charge in [-0.05, 0) is 35.0 Å². The van der Waals surface area contributed by atoms with Gasteiger partial charge in [0.05, 0.1) is 20.4 Å². The van der Waals surface area contributed by atoms with Crippen LogP contribution in [0.3, 0.4) is 0 Å². The lowest BCUT2D eigenvalue weighted by atomic mass is 10.1. The highest BCUT2D eigenvalue weighted by Gasteiger charge is 2.34. The normalized spacial score (nSPS) is 12.1. The summed E-state index contributed by atoms with van der Waals surface area (Å²) in [7, 11) is 0. The van der Waals surface area contributed by atoms with Crippen molar-refractivity contribution in [3.63, 3.8) is 0 Å². The first-order valence-corrected chi connectivity index (χ1v) is 20.4. The molecule has 6 aromatic heterocycles. The van der Waals surface area contributed by atoms with E-state index in [1.807, 2.05) is 24.3 Å². The largest absolute Gasteiger partial charge is 0.286 e. The Morgan fingerprint density at radius 3 is 1.02 bits per heavy atom. The average molecular weight is 911 g/mol. The Labute approximate surface area is 335 Å². The maximum Gasteiger partial charge on any atom is 0.227 e. The number of carbonyl (C=O) groups excluding carboxylic acids is 2. The Balaban J connectivity index is 0.923. The number of hydrogen-bond acceptors (Lipinski definition) is 14. The summed E-state index contributed by atoms with van der Waals surface area (Å²) in [6.07, 6.45) is 0. The maximum absolute atomic E-state index is 14.3. The molecule has 0 aliphatic rings. The number of ketones is 2. The van der Waals surface area contributed by atoms with Crippen molar-refractivity contribution < 1.29 is 53.5 Å². The Hall–Kier alpha value is -5.40. The molecule has 0 saturated heterocycles. The highest BCUT2D eigenvalue weighted by molar-refractivity contribution is 7.32. The minimum absolute atomic E-state index is 0.188. The van der Waals surface area contributed by atoms with Gasteiger partial charge in [-0.2, -0.15) is 0 Å².